The van der Waals surface area contributed by atoms with Gasteiger partial charge in [0, 0.05) is 0 Å². The minimum absolute atomic E-state index is 0.269. The molecule has 0 amide bonds. The Hall–Kier alpha value is -2.17. The van der Waals surface area contributed by atoms with Gasteiger partial charge in [-0.2, -0.15) is 0 Å². The predicted molar refractivity (Wildman–Crippen MR) is 69.5 cm³/mol. The van der Waals surface area contributed by atoms with Crippen LogP contribution in [0.5, 0.6) is 0 Å². The molecule has 1 aliphatic carbocycles. The van der Waals surface area contributed by atoms with E-state index in [4.69, 9.17) is 5.11 Å². The van der Waals surface area contributed by atoms with Gasteiger partial charge in [-0.15, -0.1) is 5.10 Å². The van der Waals surface area contributed by atoms with Gasteiger partial charge >= 0.3 is 5.97 Å². The first-order valence-electron chi connectivity index (χ1n) is 6.42. The average molecular weight is 257 g/mol. The van der Waals surface area contributed by atoms with Crippen molar-refractivity contribution in [3.05, 3.63) is 41.2 Å². The van der Waals surface area contributed by atoms with Crippen molar-refractivity contribution in [2.24, 2.45) is 5.92 Å². The van der Waals surface area contributed by atoms with E-state index in [0.29, 0.717) is 5.92 Å². The van der Waals surface area contributed by atoms with Crippen LogP contribution in [0, 0.1) is 5.92 Å². The van der Waals surface area contributed by atoms with E-state index in [1.54, 1.807) is 22.9 Å². The molecule has 0 bridgehead atoms. The Kier molecular flexibility index (Phi) is 2.81. The molecule has 0 radical (unpaired) electrons. The van der Waals surface area contributed by atoms with E-state index in [2.05, 4.69) is 17.2 Å². The lowest BCUT2D eigenvalue weighted by Crippen LogP contribution is -2.14. The van der Waals surface area contributed by atoms with Gasteiger partial charge in [0.2, 0.25) is 0 Å². The topological polar surface area (TPSA) is 68.0 Å². The number of fused-ring (bicyclic) bond motifs is 1. The predicted octanol–water partition coefficient (Wildman–Crippen LogP) is 2.09. The van der Waals surface area contributed by atoms with E-state index in [0.717, 1.165) is 36.3 Å². The molecule has 98 valence electrons. The molecular formula is C14H15N3O2. The van der Waals surface area contributed by atoms with Crippen LogP contribution in [0.25, 0.3) is 5.69 Å². The van der Waals surface area contributed by atoms with Gasteiger partial charge in [0.25, 0.3) is 0 Å². The van der Waals surface area contributed by atoms with Gasteiger partial charge in [-0.1, -0.05) is 18.2 Å². The van der Waals surface area contributed by atoms with Crippen LogP contribution < -0.4 is 0 Å². The van der Waals surface area contributed by atoms with Crippen LogP contribution in [0.15, 0.2) is 24.3 Å². The molecule has 0 aliphatic heterocycles. The molecule has 1 aromatic heterocycles. The quantitative estimate of drug-likeness (QED) is 0.894. The Morgan fingerprint density at radius 2 is 2.32 bits per heavy atom. The highest BCUT2D eigenvalue weighted by molar-refractivity contribution is 5.88. The minimum Gasteiger partial charge on any atom is -0.478 e. The second-order valence-electron chi connectivity index (χ2n) is 5.10. The van der Waals surface area contributed by atoms with Gasteiger partial charge in [-0.05, 0) is 43.4 Å². The third kappa shape index (κ3) is 2.12. The van der Waals surface area contributed by atoms with Crippen molar-refractivity contribution in [3.63, 3.8) is 0 Å². The van der Waals surface area contributed by atoms with Crippen molar-refractivity contribution in [2.75, 3.05) is 0 Å². The molecule has 1 unspecified atom stereocenters. The Balaban J connectivity index is 2.03. The smallest absolute Gasteiger partial charge is 0.335 e. The van der Waals surface area contributed by atoms with Gasteiger partial charge in [0.1, 0.15) is 0 Å². The molecule has 5 nitrogen and oxygen atoms in total. The van der Waals surface area contributed by atoms with Crippen LogP contribution in [0.2, 0.25) is 0 Å². The summed E-state index contributed by atoms with van der Waals surface area (Å²) in [6.45, 7) is 2.22. The zero-order valence-corrected chi connectivity index (χ0v) is 10.7. The molecule has 5 heteroatoms. The highest BCUT2D eigenvalue weighted by atomic mass is 16.4. The Morgan fingerprint density at radius 3 is 3.11 bits per heavy atom. The number of aromatic carboxylic acids is 1. The van der Waals surface area contributed by atoms with Crippen molar-refractivity contribution in [2.45, 2.75) is 26.2 Å². The summed E-state index contributed by atoms with van der Waals surface area (Å²) in [4.78, 5) is 11.0. The molecular weight excluding hydrogens is 242 g/mol. The van der Waals surface area contributed by atoms with Gasteiger partial charge in [-0.3, -0.25) is 0 Å². The third-order valence-electron chi connectivity index (χ3n) is 3.60. The largest absolute Gasteiger partial charge is 0.478 e. The number of aromatic nitrogens is 3. The molecule has 0 fully saturated rings. The fraction of sp³-hybridized carbons (Fsp3) is 0.357. The molecule has 2 aromatic rings. The highest BCUT2D eigenvalue weighted by Crippen LogP contribution is 2.25. The van der Waals surface area contributed by atoms with Gasteiger partial charge in [0.05, 0.1) is 22.6 Å². The summed E-state index contributed by atoms with van der Waals surface area (Å²) in [5.74, 6) is -0.285. The van der Waals surface area contributed by atoms with Crippen molar-refractivity contribution in [3.8, 4) is 5.69 Å². The van der Waals surface area contributed by atoms with Crippen LogP contribution in [-0.4, -0.2) is 26.1 Å². The van der Waals surface area contributed by atoms with Crippen molar-refractivity contribution in [1.82, 2.24) is 15.0 Å². The lowest BCUT2D eigenvalue weighted by molar-refractivity contribution is 0.0697. The first kappa shape index (κ1) is 11.9. The molecule has 1 heterocycles. The number of rotatable bonds is 2. The van der Waals surface area contributed by atoms with E-state index in [1.807, 2.05) is 6.07 Å². The molecule has 1 atom stereocenters. The van der Waals surface area contributed by atoms with Crippen molar-refractivity contribution < 1.29 is 9.90 Å². The second kappa shape index (κ2) is 4.50. The van der Waals surface area contributed by atoms with Crippen molar-refractivity contribution in [1.29, 1.82) is 0 Å². The fourth-order valence-corrected chi connectivity index (χ4v) is 2.53. The van der Waals surface area contributed by atoms with E-state index >= 15 is 0 Å². The van der Waals surface area contributed by atoms with Gasteiger partial charge < -0.3 is 5.11 Å². The summed E-state index contributed by atoms with van der Waals surface area (Å²) < 4.78 is 1.77. The number of hydrogen-bond donors (Lipinski definition) is 1. The number of carboxylic acid groups (broad SMARTS) is 1. The molecule has 0 saturated heterocycles. The zero-order valence-electron chi connectivity index (χ0n) is 10.7. The fourth-order valence-electron chi connectivity index (χ4n) is 2.53. The summed E-state index contributed by atoms with van der Waals surface area (Å²) in [6.07, 6.45) is 3.02. The molecule has 1 aliphatic rings. The molecule has 19 heavy (non-hydrogen) atoms. The Bertz CT molecular complexity index is 633. The van der Waals surface area contributed by atoms with E-state index in [-0.39, 0.29) is 5.56 Å². The maximum absolute atomic E-state index is 11.0. The average Bonchev–Trinajstić information content (AvgIpc) is 2.81. The maximum atomic E-state index is 11.0. The molecule has 0 spiro atoms. The Morgan fingerprint density at radius 1 is 1.47 bits per heavy atom. The highest BCUT2D eigenvalue weighted by Gasteiger charge is 2.22. The molecule has 0 saturated carbocycles. The summed E-state index contributed by atoms with van der Waals surface area (Å²) in [7, 11) is 0. The summed E-state index contributed by atoms with van der Waals surface area (Å²) in [5, 5.41) is 17.4. The SMILES string of the molecule is CC1CCc2c(nnn2-c2cccc(C(=O)O)c2)C1. The number of carbonyl (C=O) groups is 1. The van der Waals surface area contributed by atoms with Crippen LogP contribution in [0.3, 0.4) is 0 Å². The number of benzene rings is 1. The van der Waals surface area contributed by atoms with Crippen molar-refractivity contribution >= 4 is 5.97 Å². The number of nitrogens with zero attached hydrogens (tertiary/aromatic N) is 3. The lowest BCUT2D eigenvalue weighted by Gasteiger charge is -2.17. The molecule has 3 rings (SSSR count). The van der Waals surface area contributed by atoms with E-state index < -0.39 is 5.97 Å². The minimum atomic E-state index is -0.926. The van der Waals surface area contributed by atoms with Crippen LogP contribution in [0.4, 0.5) is 0 Å². The van der Waals surface area contributed by atoms with Crippen LogP contribution in [0.1, 0.15) is 35.1 Å². The Labute approximate surface area is 110 Å². The van der Waals surface area contributed by atoms with E-state index in [9.17, 15) is 4.79 Å². The van der Waals surface area contributed by atoms with Gasteiger partial charge in [0.15, 0.2) is 0 Å². The van der Waals surface area contributed by atoms with Crippen LogP contribution in [-0.2, 0) is 12.8 Å². The first-order chi connectivity index (χ1) is 9.15. The van der Waals surface area contributed by atoms with Gasteiger partial charge in [-0.25, -0.2) is 9.48 Å². The van der Waals surface area contributed by atoms with Crippen LogP contribution >= 0.6 is 0 Å². The lowest BCUT2D eigenvalue weighted by atomic mass is 9.91. The summed E-state index contributed by atoms with van der Waals surface area (Å²) in [6, 6.07) is 6.81. The summed E-state index contributed by atoms with van der Waals surface area (Å²) in [5.41, 5.74) is 3.19. The maximum Gasteiger partial charge on any atom is 0.335 e. The monoisotopic (exact) mass is 257 g/mol. The number of carboxylic acids is 1. The summed E-state index contributed by atoms with van der Waals surface area (Å²) >= 11 is 0. The zero-order chi connectivity index (χ0) is 13.4. The second-order valence-corrected chi connectivity index (χ2v) is 5.10. The standard InChI is InChI=1S/C14H15N3O2/c1-9-5-6-13-12(7-9)15-16-17(13)11-4-2-3-10(8-11)14(18)19/h2-4,8-9H,5-7H2,1H3,(H,18,19). The molecule has 1 N–H and O–H groups in total. The number of hydrogen-bond acceptors (Lipinski definition) is 3. The normalized spacial score (nSPS) is 18.1. The third-order valence-corrected chi connectivity index (χ3v) is 3.60. The first-order valence-corrected chi connectivity index (χ1v) is 6.42. The molecule has 1 aromatic carbocycles. The van der Waals surface area contributed by atoms with E-state index in [1.165, 1.54) is 0 Å².